The van der Waals surface area contributed by atoms with Gasteiger partial charge in [0.15, 0.2) is 11.5 Å². The van der Waals surface area contributed by atoms with Crippen molar-refractivity contribution < 1.29 is 14.3 Å². The van der Waals surface area contributed by atoms with Gasteiger partial charge in [0, 0.05) is 36.1 Å². The minimum absolute atomic E-state index is 0.0655. The summed E-state index contributed by atoms with van der Waals surface area (Å²) < 4.78 is 4.76. The summed E-state index contributed by atoms with van der Waals surface area (Å²) in [4.78, 5) is 25.4. The maximum atomic E-state index is 12.0. The monoisotopic (exact) mass is 350 g/mol. The Balaban J connectivity index is 1.95. The summed E-state index contributed by atoms with van der Waals surface area (Å²) in [5.41, 5.74) is 1.52. The highest BCUT2D eigenvalue weighted by Gasteiger charge is 2.16. The maximum Gasteiger partial charge on any atom is 0.359 e. The second kappa shape index (κ2) is 7.18. The number of aromatic nitrogens is 2. The highest BCUT2D eigenvalue weighted by atomic mass is 16.5. The first-order valence-electron chi connectivity index (χ1n) is 7.93. The van der Waals surface area contributed by atoms with Crippen molar-refractivity contribution in [1.82, 2.24) is 15.1 Å². The molecule has 1 N–H and O–H groups in total. The highest BCUT2D eigenvalue weighted by molar-refractivity contribution is 6.05. The first-order chi connectivity index (χ1) is 12.5. The van der Waals surface area contributed by atoms with Crippen molar-refractivity contribution in [2.75, 3.05) is 26.5 Å². The van der Waals surface area contributed by atoms with Gasteiger partial charge in [-0.3, -0.25) is 4.79 Å². The van der Waals surface area contributed by atoms with Crippen LogP contribution in [0.1, 0.15) is 20.8 Å². The smallest absolute Gasteiger partial charge is 0.359 e. The molecule has 0 aliphatic heterocycles. The Bertz CT molecular complexity index is 968. The molecule has 0 spiro atoms. The van der Waals surface area contributed by atoms with Crippen LogP contribution in [0.5, 0.6) is 0 Å². The zero-order valence-electron chi connectivity index (χ0n) is 14.7. The Hall–Kier alpha value is -3.48. The number of amides is 1. The van der Waals surface area contributed by atoms with Gasteiger partial charge in [0.1, 0.15) is 0 Å². The third-order valence-electron chi connectivity index (χ3n) is 3.87. The van der Waals surface area contributed by atoms with Gasteiger partial charge in [-0.15, -0.1) is 10.2 Å². The fraction of sp³-hybridized carbons (Fsp3) is 0.158. The average Bonchev–Trinajstić information content (AvgIpc) is 2.67. The van der Waals surface area contributed by atoms with E-state index in [1.54, 1.807) is 44.4 Å². The standard InChI is InChI=1S/C19H18N4O3/c1-23(2)18(24)12-8-10-13(11-9-12)20-17-15-7-5-4-6-14(15)16(21-22-17)19(25)26-3/h4-11H,1-3H3,(H,20,22). The van der Waals surface area contributed by atoms with Crippen molar-refractivity contribution in [1.29, 1.82) is 0 Å². The van der Waals surface area contributed by atoms with Crippen molar-refractivity contribution in [3.63, 3.8) is 0 Å². The summed E-state index contributed by atoms with van der Waals surface area (Å²) in [5.74, 6) is -0.0871. The largest absolute Gasteiger partial charge is 0.464 e. The first kappa shape index (κ1) is 17.3. The molecule has 3 aromatic rings. The van der Waals surface area contributed by atoms with E-state index in [1.807, 2.05) is 18.2 Å². The van der Waals surface area contributed by atoms with Gasteiger partial charge >= 0.3 is 5.97 Å². The molecule has 0 fully saturated rings. The van der Waals surface area contributed by atoms with Crippen molar-refractivity contribution in [2.45, 2.75) is 0 Å². The van der Waals surface area contributed by atoms with Gasteiger partial charge in [-0.1, -0.05) is 24.3 Å². The predicted molar refractivity (Wildman–Crippen MR) is 98.6 cm³/mol. The van der Waals surface area contributed by atoms with Crippen molar-refractivity contribution in [3.8, 4) is 0 Å². The second-order valence-corrected chi connectivity index (χ2v) is 5.84. The number of hydrogen-bond donors (Lipinski definition) is 1. The van der Waals surface area contributed by atoms with Gasteiger partial charge in [-0.2, -0.15) is 0 Å². The normalized spacial score (nSPS) is 10.4. The first-order valence-corrected chi connectivity index (χ1v) is 7.93. The molecule has 1 amide bonds. The number of esters is 1. The van der Waals surface area contributed by atoms with E-state index in [9.17, 15) is 9.59 Å². The minimum Gasteiger partial charge on any atom is -0.464 e. The Morgan fingerprint density at radius 2 is 1.62 bits per heavy atom. The molecular formula is C19H18N4O3. The number of carbonyl (C=O) groups excluding carboxylic acids is 2. The van der Waals surface area contributed by atoms with Crippen LogP contribution in [0.3, 0.4) is 0 Å². The predicted octanol–water partition coefficient (Wildman–Crippen LogP) is 2.86. The third kappa shape index (κ3) is 3.32. The van der Waals surface area contributed by atoms with Gasteiger partial charge in [-0.25, -0.2) is 4.79 Å². The van der Waals surface area contributed by atoms with Gasteiger partial charge in [0.05, 0.1) is 7.11 Å². The molecule has 7 nitrogen and oxygen atoms in total. The number of methoxy groups -OCH3 is 1. The van der Waals surface area contributed by atoms with E-state index in [2.05, 4.69) is 15.5 Å². The maximum absolute atomic E-state index is 12.0. The van der Waals surface area contributed by atoms with Crippen molar-refractivity contribution in [3.05, 3.63) is 59.8 Å². The molecule has 0 atom stereocenters. The van der Waals surface area contributed by atoms with Crippen LogP contribution in [0, 0.1) is 0 Å². The number of fused-ring (bicyclic) bond motifs is 1. The number of hydrogen-bond acceptors (Lipinski definition) is 6. The van der Waals surface area contributed by atoms with Crippen LogP contribution < -0.4 is 5.32 Å². The zero-order valence-corrected chi connectivity index (χ0v) is 14.7. The van der Waals surface area contributed by atoms with Gasteiger partial charge in [0.2, 0.25) is 0 Å². The molecule has 2 aromatic carbocycles. The van der Waals surface area contributed by atoms with E-state index in [1.165, 1.54) is 12.0 Å². The highest BCUT2D eigenvalue weighted by Crippen LogP contribution is 2.26. The number of ether oxygens (including phenoxy) is 1. The Morgan fingerprint density at radius 1 is 0.962 bits per heavy atom. The molecule has 1 aromatic heterocycles. The van der Waals surface area contributed by atoms with E-state index in [4.69, 9.17) is 4.74 Å². The van der Waals surface area contributed by atoms with E-state index in [-0.39, 0.29) is 11.6 Å². The number of anilines is 2. The fourth-order valence-corrected chi connectivity index (χ4v) is 2.53. The van der Waals surface area contributed by atoms with Crippen LogP contribution in [-0.2, 0) is 4.74 Å². The average molecular weight is 350 g/mol. The Kier molecular flexibility index (Phi) is 4.79. The summed E-state index contributed by atoms with van der Waals surface area (Å²) in [5, 5.41) is 12.7. The molecule has 0 saturated carbocycles. The quantitative estimate of drug-likeness (QED) is 0.729. The van der Waals surface area contributed by atoms with E-state index < -0.39 is 5.97 Å². The van der Waals surface area contributed by atoms with Crippen LogP contribution in [-0.4, -0.2) is 48.2 Å². The van der Waals surface area contributed by atoms with Gasteiger partial charge in [0.25, 0.3) is 5.91 Å². The minimum atomic E-state index is -0.535. The van der Waals surface area contributed by atoms with Gasteiger partial charge < -0.3 is 15.0 Å². The SMILES string of the molecule is COC(=O)c1nnc(Nc2ccc(C(=O)N(C)C)cc2)c2ccccc12. The molecule has 0 aliphatic rings. The van der Waals surface area contributed by atoms with Crippen LogP contribution in [0.25, 0.3) is 10.8 Å². The lowest BCUT2D eigenvalue weighted by Gasteiger charge is -2.12. The lowest BCUT2D eigenvalue weighted by atomic mass is 10.1. The number of rotatable bonds is 4. The molecule has 0 unspecified atom stereocenters. The summed E-state index contributed by atoms with van der Waals surface area (Å²) in [6, 6.07) is 14.4. The Morgan fingerprint density at radius 3 is 2.23 bits per heavy atom. The second-order valence-electron chi connectivity index (χ2n) is 5.84. The molecule has 0 aliphatic carbocycles. The van der Waals surface area contributed by atoms with Crippen LogP contribution >= 0.6 is 0 Å². The van der Waals surface area contributed by atoms with E-state index >= 15 is 0 Å². The Labute approximate surface area is 150 Å². The molecule has 3 rings (SSSR count). The van der Waals surface area contributed by atoms with E-state index in [0.29, 0.717) is 16.8 Å². The zero-order chi connectivity index (χ0) is 18.7. The lowest BCUT2D eigenvalue weighted by Crippen LogP contribution is -2.21. The lowest BCUT2D eigenvalue weighted by molar-refractivity contribution is 0.0595. The molecule has 132 valence electrons. The summed E-state index contributed by atoms with van der Waals surface area (Å²) in [7, 11) is 4.72. The van der Waals surface area contributed by atoms with Crippen molar-refractivity contribution in [2.24, 2.45) is 0 Å². The van der Waals surface area contributed by atoms with Crippen LogP contribution in [0.15, 0.2) is 48.5 Å². The summed E-state index contributed by atoms with van der Waals surface area (Å²) >= 11 is 0. The molecule has 1 heterocycles. The molecule has 26 heavy (non-hydrogen) atoms. The molecule has 0 radical (unpaired) electrons. The van der Waals surface area contributed by atoms with Crippen molar-refractivity contribution >= 4 is 34.2 Å². The molecule has 7 heteroatoms. The van der Waals surface area contributed by atoms with E-state index in [0.717, 1.165) is 11.1 Å². The number of nitrogens with one attached hydrogen (secondary N) is 1. The van der Waals surface area contributed by atoms with Crippen LogP contribution in [0.2, 0.25) is 0 Å². The number of nitrogens with zero attached hydrogens (tertiary/aromatic N) is 3. The van der Waals surface area contributed by atoms with Crippen LogP contribution in [0.4, 0.5) is 11.5 Å². The molecular weight excluding hydrogens is 332 g/mol. The number of benzene rings is 2. The summed E-state index contributed by atoms with van der Waals surface area (Å²) in [6.45, 7) is 0. The number of carbonyl (C=O) groups is 2. The van der Waals surface area contributed by atoms with Gasteiger partial charge in [-0.05, 0) is 24.3 Å². The molecule has 0 saturated heterocycles. The topological polar surface area (TPSA) is 84.4 Å². The fourth-order valence-electron chi connectivity index (χ4n) is 2.53. The third-order valence-corrected chi connectivity index (χ3v) is 3.87. The summed E-state index contributed by atoms with van der Waals surface area (Å²) in [6.07, 6.45) is 0. The molecule has 0 bridgehead atoms.